The van der Waals surface area contributed by atoms with Crippen LogP contribution in [0.1, 0.15) is 40.0 Å². The number of likely N-dealkylation sites (tertiary alicyclic amines) is 2. The second kappa shape index (κ2) is 6.90. The first-order chi connectivity index (χ1) is 9.45. The smallest absolute Gasteiger partial charge is 0.236 e. The molecule has 0 aromatic rings. The van der Waals surface area contributed by atoms with Crippen molar-refractivity contribution in [2.24, 2.45) is 23.5 Å². The summed E-state index contributed by atoms with van der Waals surface area (Å²) in [5.41, 5.74) is 5.97. The van der Waals surface area contributed by atoms with Crippen LogP contribution in [0.4, 0.5) is 0 Å². The van der Waals surface area contributed by atoms with Gasteiger partial charge in [0.1, 0.15) is 0 Å². The Kier molecular flexibility index (Phi) is 5.44. The number of carbonyl (C=O) groups is 1. The number of nitrogens with zero attached hydrogens (tertiary/aromatic N) is 2. The molecule has 116 valence electrons. The minimum Gasteiger partial charge on any atom is -0.341 e. The van der Waals surface area contributed by atoms with Crippen molar-refractivity contribution in [3.05, 3.63) is 0 Å². The van der Waals surface area contributed by atoms with Gasteiger partial charge in [-0.25, -0.2) is 0 Å². The standard InChI is InChI=1S/C16H31N3O/c1-12-8-13(2)10-19(9-12)16(20)11-18-6-4-15(5-7-18)14(3)17/h12-15H,4-11,17H2,1-3H3. The summed E-state index contributed by atoms with van der Waals surface area (Å²) in [6.07, 6.45) is 3.53. The number of hydrogen-bond donors (Lipinski definition) is 1. The summed E-state index contributed by atoms with van der Waals surface area (Å²) >= 11 is 0. The van der Waals surface area contributed by atoms with Crippen LogP contribution in [0, 0.1) is 17.8 Å². The van der Waals surface area contributed by atoms with Crippen molar-refractivity contribution < 1.29 is 4.79 Å². The molecule has 0 spiro atoms. The molecule has 0 saturated carbocycles. The third kappa shape index (κ3) is 4.19. The molecular weight excluding hydrogens is 250 g/mol. The molecule has 2 rings (SSSR count). The molecule has 0 bridgehead atoms. The van der Waals surface area contributed by atoms with Crippen molar-refractivity contribution in [1.82, 2.24) is 9.80 Å². The molecule has 2 saturated heterocycles. The van der Waals surface area contributed by atoms with E-state index in [9.17, 15) is 4.79 Å². The summed E-state index contributed by atoms with van der Waals surface area (Å²) in [4.78, 5) is 16.8. The Morgan fingerprint density at radius 1 is 1.20 bits per heavy atom. The molecular formula is C16H31N3O. The summed E-state index contributed by atoms with van der Waals surface area (Å²) in [7, 11) is 0. The van der Waals surface area contributed by atoms with Gasteiger partial charge in [0.05, 0.1) is 6.54 Å². The van der Waals surface area contributed by atoms with Crippen molar-refractivity contribution in [2.45, 2.75) is 46.1 Å². The molecule has 0 radical (unpaired) electrons. The zero-order valence-corrected chi connectivity index (χ0v) is 13.3. The van der Waals surface area contributed by atoms with Gasteiger partial charge < -0.3 is 10.6 Å². The number of nitrogens with two attached hydrogens (primary N) is 1. The Labute approximate surface area is 123 Å². The van der Waals surface area contributed by atoms with Gasteiger partial charge in [0.25, 0.3) is 0 Å². The summed E-state index contributed by atoms with van der Waals surface area (Å²) in [5.74, 6) is 2.25. The lowest BCUT2D eigenvalue weighted by atomic mass is 9.90. The normalized spacial score (nSPS) is 31.3. The molecule has 2 aliphatic rings. The molecule has 2 heterocycles. The third-order valence-electron chi connectivity index (χ3n) is 4.96. The van der Waals surface area contributed by atoms with Crippen molar-refractivity contribution in [3.8, 4) is 0 Å². The van der Waals surface area contributed by atoms with Crippen LogP contribution >= 0.6 is 0 Å². The third-order valence-corrected chi connectivity index (χ3v) is 4.96. The number of rotatable bonds is 3. The predicted molar refractivity (Wildman–Crippen MR) is 82.3 cm³/mol. The molecule has 2 fully saturated rings. The topological polar surface area (TPSA) is 49.6 Å². The highest BCUT2D eigenvalue weighted by atomic mass is 16.2. The number of piperidine rings is 2. The van der Waals surface area contributed by atoms with E-state index in [2.05, 4.69) is 30.6 Å². The van der Waals surface area contributed by atoms with E-state index >= 15 is 0 Å². The van der Waals surface area contributed by atoms with Crippen LogP contribution < -0.4 is 5.73 Å². The highest BCUT2D eigenvalue weighted by Crippen LogP contribution is 2.22. The lowest BCUT2D eigenvalue weighted by Crippen LogP contribution is -2.49. The fraction of sp³-hybridized carbons (Fsp3) is 0.938. The average molecular weight is 281 g/mol. The van der Waals surface area contributed by atoms with Gasteiger partial charge in [-0.15, -0.1) is 0 Å². The van der Waals surface area contributed by atoms with E-state index in [1.165, 1.54) is 6.42 Å². The van der Waals surface area contributed by atoms with Crippen LogP contribution in [0.3, 0.4) is 0 Å². The average Bonchev–Trinajstić information content (AvgIpc) is 2.38. The van der Waals surface area contributed by atoms with Crippen LogP contribution in [0.5, 0.6) is 0 Å². The van der Waals surface area contributed by atoms with E-state index in [1.54, 1.807) is 0 Å². The summed E-state index contributed by atoms with van der Waals surface area (Å²) in [5, 5.41) is 0. The first-order valence-corrected chi connectivity index (χ1v) is 8.21. The monoisotopic (exact) mass is 281 g/mol. The second-order valence-corrected chi connectivity index (χ2v) is 7.22. The zero-order valence-electron chi connectivity index (χ0n) is 13.3. The molecule has 0 aromatic carbocycles. The maximum absolute atomic E-state index is 12.4. The maximum atomic E-state index is 12.4. The quantitative estimate of drug-likeness (QED) is 0.854. The number of carbonyl (C=O) groups excluding carboxylic acids is 1. The van der Waals surface area contributed by atoms with E-state index < -0.39 is 0 Å². The Bertz CT molecular complexity index is 314. The highest BCUT2D eigenvalue weighted by molar-refractivity contribution is 5.78. The summed E-state index contributed by atoms with van der Waals surface area (Å²) in [6, 6.07) is 0.289. The fourth-order valence-corrected chi connectivity index (χ4v) is 3.79. The largest absolute Gasteiger partial charge is 0.341 e. The van der Waals surface area contributed by atoms with Gasteiger partial charge in [-0.1, -0.05) is 13.8 Å². The van der Waals surface area contributed by atoms with Gasteiger partial charge in [-0.2, -0.15) is 0 Å². The second-order valence-electron chi connectivity index (χ2n) is 7.22. The molecule has 0 aliphatic carbocycles. The van der Waals surface area contributed by atoms with Crippen molar-refractivity contribution >= 4 is 5.91 Å². The molecule has 0 aromatic heterocycles. The molecule has 2 aliphatic heterocycles. The minimum atomic E-state index is 0.289. The fourth-order valence-electron chi connectivity index (χ4n) is 3.79. The molecule has 3 unspecified atom stereocenters. The lowest BCUT2D eigenvalue weighted by Gasteiger charge is -2.38. The minimum absolute atomic E-state index is 0.289. The molecule has 20 heavy (non-hydrogen) atoms. The van der Waals surface area contributed by atoms with Gasteiger partial charge in [0, 0.05) is 19.1 Å². The molecule has 2 N–H and O–H groups in total. The maximum Gasteiger partial charge on any atom is 0.236 e. The van der Waals surface area contributed by atoms with E-state index in [4.69, 9.17) is 5.73 Å². The van der Waals surface area contributed by atoms with Gasteiger partial charge in [0.15, 0.2) is 0 Å². The molecule has 4 heteroatoms. The van der Waals surface area contributed by atoms with E-state index in [1.807, 2.05) is 0 Å². The molecule has 4 nitrogen and oxygen atoms in total. The van der Waals surface area contributed by atoms with Crippen LogP contribution in [0.2, 0.25) is 0 Å². The Balaban J connectivity index is 1.77. The van der Waals surface area contributed by atoms with Crippen LogP contribution in [0.25, 0.3) is 0 Å². The van der Waals surface area contributed by atoms with Crippen molar-refractivity contribution in [1.29, 1.82) is 0 Å². The van der Waals surface area contributed by atoms with E-state index in [0.717, 1.165) is 39.0 Å². The highest BCUT2D eigenvalue weighted by Gasteiger charge is 2.28. The van der Waals surface area contributed by atoms with Gasteiger partial charge in [0.2, 0.25) is 5.91 Å². The molecule has 3 atom stereocenters. The van der Waals surface area contributed by atoms with Crippen molar-refractivity contribution in [3.63, 3.8) is 0 Å². The van der Waals surface area contributed by atoms with Gasteiger partial charge >= 0.3 is 0 Å². The number of amides is 1. The Hall–Kier alpha value is -0.610. The zero-order chi connectivity index (χ0) is 14.7. The van der Waals surface area contributed by atoms with Crippen LogP contribution in [-0.4, -0.2) is 54.5 Å². The van der Waals surface area contributed by atoms with Crippen LogP contribution in [-0.2, 0) is 4.79 Å². The predicted octanol–water partition coefficient (Wildman–Crippen LogP) is 1.55. The van der Waals surface area contributed by atoms with E-state index in [0.29, 0.717) is 30.2 Å². The summed E-state index contributed by atoms with van der Waals surface area (Å²) < 4.78 is 0. The Morgan fingerprint density at radius 3 is 2.25 bits per heavy atom. The molecule has 1 amide bonds. The number of hydrogen-bond acceptors (Lipinski definition) is 3. The Morgan fingerprint density at radius 2 is 1.75 bits per heavy atom. The first kappa shape index (κ1) is 15.8. The van der Waals surface area contributed by atoms with E-state index in [-0.39, 0.29) is 6.04 Å². The lowest BCUT2D eigenvalue weighted by molar-refractivity contribution is -0.135. The van der Waals surface area contributed by atoms with Gasteiger partial charge in [-0.3, -0.25) is 9.69 Å². The summed E-state index contributed by atoms with van der Waals surface area (Å²) in [6.45, 7) is 11.1. The van der Waals surface area contributed by atoms with Crippen molar-refractivity contribution in [2.75, 3.05) is 32.7 Å². The SMILES string of the molecule is CC1CC(C)CN(C(=O)CN2CCC(C(C)N)CC2)C1. The van der Waals surface area contributed by atoms with Gasteiger partial charge in [-0.05, 0) is 57.0 Å². The first-order valence-electron chi connectivity index (χ1n) is 8.21. The van der Waals surface area contributed by atoms with Crippen LogP contribution in [0.15, 0.2) is 0 Å².